The third kappa shape index (κ3) is 3.00. The van der Waals surface area contributed by atoms with Gasteiger partial charge in [0.1, 0.15) is 5.76 Å². The molecule has 5 rings (SSSR count). The molecule has 1 N–H and O–H groups in total. The second-order valence-electron chi connectivity index (χ2n) is 7.43. The number of para-hydroxylation sites is 2. The molecule has 9 heteroatoms. The van der Waals surface area contributed by atoms with Crippen LogP contribution < -0.4 is 15.6 Å². The Morgan fingerprint density at radius 1 is 1.00 bits per heavy atom. The van der Waals surface area contributed by atoms with Crippen molar-refractivity contribution in [2.75, 3.05) is 10.8 Å². The molecule has 0 saturated carbocycles. The molecule has 0 unspecified atom stereocenters. The second-order valence-corrected chi connectivity index (χ2v) is 9.23. The Balaban J connectivity index is 1.66. The van der Waals surface area contributed by atoms with Crippen molar-refractivity contribution in [1.29, 1.82) is 0 Å². The van der Waals surface area contributed by atoms with E-state index in [4.69, 9.17) is 4.42 Å². The Morgan fingerprint density at radius 3 is 2.58 bits per heavy atom. The lowest BCUT2D eigenvalue weighted by atomic mass is 10.0. The summed E-state index contributed by atoms with van der Waals surface area (Å²) in [6.45, 7) is 1.85. The lowest BCUT2D eigenvalue weighted by Crippen LogP contribution is -2.35. The minimum absolute atomic E-state index is 0.0980. The fourth-order valence-corrected chi connectivity index (χ4v) is 5.55. The van der Waals surface area contributed by atoms with E-state index in [1.807, 2.05) is 12.1 Å². The summed E-state index contributed by atoms with van der Waals surface area (Å²) in [4.78, 5) is 28.3. The Bertz CT molecular complexity index is 1550. The smallest absolute Gasteiger partial charge is 0.333 e. The molecule has 31 heavy (non-hydrogen) atoms. The number of furan rings is 1. The summed E-state index contributed by atoms with van der Waals surface area (Å²) in [5.74, 6) is 0.159. The van der Waals surface area contributed by atoms with Gasteiger partial charge < -0.3 is 9.40 Å². The van der Waals surface area contributed by atoms with Gasteiger partial charge in [-0.15, -0.1) is 0 Å². The molecular formula is C22H19N3O5S. The number of H-pyrrole nitrogens is 1. The number of aromatic nitrogens is 2. The van der Waals surface area contributed by atoms with Crippen LogP contribution >= 0.6 is 0 Å². The zero-order chi connectivity index (χ0) is 21.8. The highest BCUT2D eigenvalue weighted by atomic mass is 32.2. The van der Waals surface area contributed by atoms with Gasteiger partial charge in [-0.05, 0) is 43.5 Å². The van der Waals surface area contributed by atoms with Gasteiger partial charge in [0.05, 0.1) is 22.3 Å². The number of fused-ring (bicyclic) bond motifs is 2. The van der Waals surface area contributed by atoms with Crippen LogP contribution in [0.25, 0.3) is 16.6 Å². The molecule has 1 aliphatic heterocycles. The van der Waals surface area contributed by atoms with Crippen molar-refractivity contribution in [2.45, 2.75) is 24.9 Å². The second kappa shape index (κ2) is 6.98. The van der Waals surface area contributed by atoms with E-state index in [1.165, 1.54) is 17.3 Å². The van der Waals surface area contributed by atoms with Gasteiger partial charge in [0.25, 0.3) is 15.6 Å². The maximum atomic E-state index is 13.4. The van der Waals surface area contributed by atoms with E-state index in [0.29, 0.717) is 29.6 Å². The Labute approximate surface area is 177 Å². The van der Waals surface area contributed by atoms with E-state index in [-0.39, 0.29) is 16.5 Å². The van der Waals surface area contributed by atoms with Crippen molar-refractivity contribution >= 4 is 26.6 Å². The van der Waals surface area contributed by atoms with Crippen LogP contribution in [0.4, 0.5) is 5.69 Å². The summed E-state index contributed by atoms with van der Waals surface area (Å²) in [5, 5.41) is 0.00762. The minimum atomic E-state index is -4.01. The van der Waals surface area contributed by atoms with Gasteiger partial charge in [-0.2, -0.15) is 8.42 Å². The molecule has 0 saturated heterocycles. The number of rotatable bonds is 3. The Kier molecular flexibility index (Phi) is 4.37. The van der Waals surface area contributed by atoms with Gasteiger partial charge in [-0.25, -0.2) is 9.36 Å². The van der Waals surface area contributed by atoms with E-state index in [9.17, 15) is 18.0 Å². The van der Waals surface area contributed by atoms with Crippen LogP contribution in [0.15, 0.2) is 73.7 Å². The molecule has 158 valence electrons. The summed E-state index contributed by atoms with van der Waals surface area (Å²) in [6.07, 6.45) is 1.49. The van der Waals surface area contributed by atoms with Crippen molar-refractivity contribution in [1.82, 2.24) is 9.55 Å². The highest BCUT2D eigenvalue weighted by Gasteiger charge is 2.32. The molecule has 4 aromatic rings. The summed E-state index contributed by atoms with van der Waals surface area (Å²) in [5.41, 5.74) is 0.858. The number of benzene rings is 2. The van der Waals surface area contributed by atoms with Gasteiger partial charge in [-0.1, -0.05) is 30.3 Å². The van der Waals surface area contributed by atoms with E-state index in [1.54, 1.807) is 36.4 Å². The zero-order valence-corrected chi connectivity index (χ0v) is 17.5. The van der Waals surface area contributed by atoms with Crippen LogP contribution in [0.2, 0.25) is 0 Å². The van der Waals surface area contributed by atoms with Crippen LogP contribution in [0.1, 0.15) is 17.7 Å². The van der Waals surface area contributed by atoms with Gasteiger partial charge >= 0.3 is 5.69 Å². The fraction of sp³-hybridized carbons (Fsp3) is 0.182. The number of anilines is 1. The zero-order valence-electron chi connectivity index (χ0n) is 16.7. The normalized spacial score (nSPS) is 14.0. The highest BCUT2D eigenvalue weighted by molar-refractivity contribution is 7.92. The maximum Gasteiger partial charge on any atom is 0.333 e. The van der Waals surface area contributed by atoms with Crippen LogP contribution in [-0.2, 0) is 16.4 Å². The van der Waals surface area contributed by atoms with Gasteiger partial charge in [0, 0.05) is 12.6 Å². The first kappa shape index (κ1) is 19.4. The average Bonchev–Trinajstić information content (AvgIpc) is 3.15. The molecule has 0 bridgehead atoms. The van der Waals surface area contributed by atoms with Crippen molar-refractivity contribution in [3.05, 3.63) is 86.8 Å². The predicted molar refractivity (Wildman–Crippen MR) is 116 cm³/mol. The van der Waals surface area contributed by atoms with E-state index in [0.717, 1.165) is 16.6 Å². The average molecular weight is 437 g/mol. The first-order chi connectivity index (χ1) is 14.9. The molecule has 0 amide bonds. The maximum absolute atomic E-state index is 13.4. The molecule has 0 radical (unpaired) electrons. The van der Waals surface area contributed by atoms with Crippen molar-refractivity contribution < 1.29 is 12.8 Å². The van der Waals surface area contributed by atoms with Crippen molar-refractivity contribution in [2.24, 2.45) is 0 Å². The van der Waals surface area contributed by atoms with Gasteiger partial charge in [0.2, 0.25) is 5.09 Å². The van der Waals surface area contributed by atoms with Crippen LogP contribution in [0, 0.1) is 6.92 Å². The minimum Gasteiger partial charge on any atom is -0.446 e. The first-order valence-corrected chi connectivity index (χ1v) is 11.3. The van der Waals surface area contributed by atoms with Crippen LogP contribution in [-0.4, -0.2) is 24.5 Å². The predicted octanol–water partition coefficient (Wildman–Crippen LogP) is 2.72. The molecule has 0 aliphatic carbocycles. The molecular weight excluding hydrogens is 418 g/mol. The summed E-state index contributed by atoms with van der Waals surface area (Å²) >= 11 is 0. The molecule has 2 aromatic carbocycles. The molecule has 0 atom stereocenters. The molecule has 1 aliphatic rings. The standard InChI is InChI=1S/C22H19N3O5S/c1-14-19(25-21(26)16-9-3-4-10-17(16)23-22(25)27)13-20(30-14)31(28,29)24-12-6-8-15-7-2-5-11-18(15)24/h2-5,7,9-11,13H,6,8,12H2,1H3,(H,23,27). The van der Waals surface area contributed by atoms with E-state index < -0.39 is 21.3 Å². The number of nitrogens with one attached hydrogen (secondary N) is 1. The van der Waals surface area contributed by atoms with E-state index >= 15 is 0 Å². The third-order valence-electron chi connectivity index (χ3n) is 5.53. The number of hydrogen-bond acceptors (Lipinski definition) is 5. The summed E-state index contributed by atoms with van der Waals surface area (Å²) in [6, 6.07) is 15.2. The highest BCUT2D eigenvalue weighted by Crippen LogP contribution is 2.33. The lowest BCUT2D eigenvalue weighted by molar-refractivity contribution is 0.426. The number of nitrogens with zero attached hydrogens (tertiary/aromatic N) is 2. The topological polar surface area (TPSA) is 105 Å². The summed E-state index contributed by atoms with van der Waals surface area (Å²) in [7, 11) is -4.01. The number of aromatic amines is 1. The number of aryl methyl sites for hydroxylation is 2. The van der Waals surface area contributed by atoms with Gasteiger partial charge in [0.15, 0.2) is 0 Å². The monoisotopic (exact) mass is 437 g/mol. The van der Waals surface area contributed by atoms with E-state index in [2.05, 4.69) is 4.98 Å². The first-order valence-electron chi connectivity index (χ1n) is 9.83. The molecule has 0 fully saturated rings. The van der Waals surface area contributed by atoms with Crippen LogP contribution in [0.5, 0.6) is 0 Å². The van der Waals surface area contributed by atoms with Gasteiger partial charge in [-0.3, -0.25) is 9.10 Å². The van der Waals surface area contributed by atoms with Crippen molar-refractivity contribution in [3.8, 4) is 5.69 Å². The Morgan fingerprint density at radius 2 is 1.74 bits per heavy atom. The quantitative estimate of drug-likeness (QED) is 0.531. The van der Waals surface area contributed by atoms with Crippen LogP contribution in [0.3, 0.4) is 0 Å². The molecule has 3 heterocycles. The summed E-state index contributed by atoms with van der Waals surface area (Å²) < 4.78 is 34.6. The molecule has 2 aromatic heterocycles. The lowest BCUT2D eigenvalue weighted by Gasteiger charge is -2.29. The number of sulfonamides is 1. The van der Waals surface area contributed by atoms with Crippen molar-refractivity contribution in [3.63, 3.8) is 0 Å². The fourth-order valence-electron chi connectivity index (χ4n) is 4.03. The molecule has 8 nitrogen and oxygen atoms in total. The largest absolute Gasteiger partial charge is 0.446 e. The SMILES string of the molecule is Cc1oc(S(=O)(=O)N2CCCc3ccccc32)cc1-n1c(=O)[nH]c2ccccc2c1=O. The Hall–Kier alpha value is -3.59. The number of hydrogen-bond donors (Lipinski definition) is 1. The molecule has 0 spiro atoms. The third-order valence-corrected chi connectivity index (χ3v) is 7.20.